The average Bonchev–Trinajstić information content (AvgIpc) is 2.42. The Kier molecular flexibility index (Phi) is 4.39. The van der Waals surface area contributed by atoms with Gasteiger partial charge in [0.25, 0.3) is 5.69 Å². The van der Waals surface area contributed by atoms with Gasteiger partial charge in [0.15, 0.2) is 0 Å². The van der Waals surface area contributed by atoms with E-state index in [4.69, 9.17) is 4.74 Å². The first-order chi connectivity index (χ1) is 9.51. The number of nitro groups is 1. The van der Waals surface area contributed by atoms with Gasteiger partial charge in [-0.15, -0.1) is 0 Å². The summed E-state index contributed by atoms with van der Waals surface area (Å²) in [6.45, 7) is 3.99. The van der Waals surface area contributed by atoms with Crippen LogP contribution in [0.5, 0.6) is 11.5 Å². The van der Waals surface area contributed by atoms with Crippen molar-refractivity contribution in [2.24, 2.45) is 0 Å². The van der Waals surface area contributed by atoms with Crippen molar-refractivity contribution in [1.82, 2.24) is 0 Å². The van der Waals surface area contributed by atoms with Gasteiger partial charge in [-0.05, 0) is 31.5 Å². The van der Waals surface area contributed by atoms with Crippen LogP contribution in [-0.2, 0) is 5.33 Å². The SMILES string of the molecule is Cc1ccc(Oc2ccc([N+](=O)[O-])cc2CBr)c(C)c1. The molecule has 0 heterocycles. The summed E-state index contributed by atoms with van der Waals surface area (Å²) in [6.07, 6.45) is 0. The number of hydrogen-bond donors (Lipinski definition) is 0. The van der Waals surface area contributed by atoms with Gasteiger partial charge in [-0.1, -0.05) is 33.6 Å². The van der Waals surface area contributed by atoms with Crippen molar-refractivity contribution in [3.05, 3.63) is 63.2 Å². The van der Waals surface area contributed by atoms with E-state index in [9.17, 15) is 10.1 Å². The molecule has 20 heavy (non-hydrogen) atoms. The maximum atomic E-state index is 10.8. The highest BCUT2D eigenvalue weighted by molar-refractivity contribution is 9.08. The lowest BCUT2D eigenvalue weighted by Crippen LogP contribution is -1.94. The van der Waals surface area contributed by atoms with Crippen LogP contribution >= 0.6 is 15.9 Å². The number of aryl methyl sites for hydroxylation is 2. The van der Waals surface area contributed by atoms with Crippen LogP contribution < -0.4 is 4.74 Å². The first-order valence-electron chi connectivity index (χ1n) is 6.09. The average molecular weight is 336 g/mol. The molecular formula is C15H14BrNO3. The van der Waals surface area contributed by atoms with E-state index < -0.39 is 4.92 Å². The number of hydrogen-bond acceptors (Lipinski definition) is 3. The van der Waals surface area contributed by atoms with Crippen LogP contribution in [0.15, 0.2) is 36.4 Å². The Morgan fingerprint density at radius 2 is 1.85 bits per heavy atom. The zero-order valence-corrected chi connectivity index (χ0v) is 12.8. The molecule has 0 saturated carbocycles. The van der Waals surface area contributed by atoms with Gasteiger partial charge in [0.2, 0.25) is 0 Å². The Hall–Kier alpha value is -1.88. The molecule has 2 rings (SSSR count). The molecule has 104 valence electrons. The number of alkyl halides is 1. The number of non-ortho nitro benzene ring substituents is 1. The summed E-state index contributed by atoms with van der Waals surface area (Å²) in [7, 11) is 0. The molecule has 2 aromatic carbocycles. The number of halogens is 1. The van der Waals surface area contributed by atoms with Crippen molar-refractivity contribution in [2.45, 2.75) is 19.2 Å². The summed E-state index contributed by atoms with van der Waals surface area (Å²) >= 11 is 3.33. The number of rotatable bonds is 4. The lowest BCUT2D eigenvalue weighted by Gasteiger charge is -2.12. The van der Waals surface area contributed by atoms with E-state index in [1.165, 1.54) is 17.7 Å². The third kappa shape index (κ3) is 3.17. The summed E-state index contributed by atoms with van der Waals surface area (Å²) in [5, 5.41) is 11.3. The minimum absolute atomic E-state index is 0.0624. The molecule has 0 aliphatic carbocycles. The van der Waals surface area contributed by atoms with Gasteiger partial charge < -0.3 is 4.74 Å². The first-order valence-corrected chi connectivity index (χ1v) is 7.22. The summed E-state index contributed by atoms with van der Waals surface area (Å²) in [5.41, 5.74) is 3.01. The number of nitro benzene ring substituents is 1. The molecule has 0 atom stereocenters. The van der Waals surface area contributed by atoms with Crippen LogP contribution in [0.4, 0.5) is 5.69 Å². The Morgan fingerprint density at radius 3 is 2.45 bits per heavy atom. The van der Waals surface area contributed by atoms with Gasteiger partial charge in [0.05, 0.1) is 4.92 Å². The van der Waals surface area contributed by atoms with Gasteiger partial charge in [0, 0.05) is 23.0 Å². The van der Waals surface area contributed by atoms with Gasteiger partial charge in [-0.3, -0.25) is 10.1 Å². The fraction of sp³-hybridized carbons (Fsp3) is 0.200. The standard InChI is InChI=1S/C15H14BrNO3/c1-10-3-5-14(11(2)7-10)20-15-6-4-13(17(18)19)8-12(15)9-16/h3-8H,9H2,1-2H3. The van der Waals surface area contributed by atoms with E-state index in [0.29, 0.717) is 11.1 Å². The summed E-state index contributed by atoms with van der Waals surface area (Å²) in [5.74, 6) is 1.38. The van der Waals surface area contributed by atoms with Gasteiger partial charge in [-0.2, -0.15) is 0 Å². The Balaban J connectivity index is 2.35. The highest BCUT2D eigenvalue weighted by atomic mass is 79.9. The Labute approximate surface area is 125 Å². The zero-order valence-electron chi connectivity index (χ0n) is 11.2. The molecular weight excluding hydrogens is 322 g/mol. The van der Waals surface area contributed by atoms with Crippen LogP contribution in [0.1, 0.15) is 16.7 Å². The zero-order chi connectivity index (χ0) is 14.7. The van der Waals surface area contributed by atoms with Crippen LogP contribution in [0.3, 0.4) is 0 Å². The normalized spacial score (nSPS) is 10.3. The van der Waals surface area contributed by atoms with Crippen molar-refractivity contribution in [1.29, 1.82) is 0 Å². The predicted octanol–water partition coefficient (Wildman–Crippen LogP) is 4.90. The number of nitrogens with zero attached hydrogens (tertiary/aromatic N) is 1. The van der Waals surface area contributed by atoms with E-state index in [2.05, 4.69) is 15.9 Å². The van der Waals surface area contributed by atoms with Crippen molar-refractivity contribution in [3.8, 4) is 11.5 Å². The van der Waals surface area contributed by atoms with Gasteiger partial charge in [-0.25, -0.2) is 0 Å². The van der Waals surface area contributed by atoms with Crippen LogP contribution in [0, 0.1) is 24.0 Å². The molecule has 0 N–H and O–H groups in total. The van der Waals surface area contributed by atoms with Crippen molar-refractivity contribution in [2.75, 3.05) is 0 Å². The molecule has 0 aliphatic heterocycles. The highest BCUT2D eigenvalue weighted by Gasteiger charge is 2.12. The molecule has 0 spiro atoms. The second-order valence-electron chi connectivity index (χ2n) is 4.55. The third-order valence-corrected chi connectivity index (χ3v) is 3.55. The molecule has 0 aromatic heterocycles. The molecule has 0 aliphatic rings. The van der Waals surface area contributed by atoms with Crippen molar-refractivity contribution < 1.29 is 9.66 Å². The summed E-state index contributed by atoms with van der Waals surface area (Å²) < 4.78 is 5.87. The number of benzene rings is 2. The van der Waals surface area contributed by atoms with E-state index in [1.54, 1.807) is 6.07 Å². The fourth-order valence-corrected chi connectivity index (χ4v) is 2.35. The molecule has 4 nitrogen and oxygen atoms in total. The lowest BCUT2D eigenvalue weighted by molar-refractivity contribution is -0.384. The summed E-state index contributed by atoms with van der Waals surface area (Å²) in [4.78, 5) is 10.4. The third-order valence-electron chi connectivity index (χ3n) is 2.95. The van der Waals surface area contributed by atoms with Crippen molar-refractivity contribution in [3.63, 3.8) is 0 Å². The second-order valence-corrected chi connectivity index (χ2v) is 5.11. The predicted molar refractivity (Wildman–Crippen MR) is 81.7 cm³/mol. The topological polar surface area (TPSA) is 52.4 Å². The van der Waals surface area contributed by atoms with Crippen molar-refractivity contribution >= 4 is 21.6 Å². The quantitative estimate of drug-likeness (QED) is 0.453. The van der Waals surface area contributed by atoms with E-state index >= 15 is 0 Å². The molecule has 5 heteroatoms. The summed E-state index contributed by atoms with van der Waals surface area (Å²) in [6, 6.07) is 10.5. The van der Waals surface area contributed by atoms with Crippen LogP contribution in [0.2, 0.25) is 0 Å². The molecule has 0 unspecified atom stereocenters. The minimum Gasteiger partial charge on any atom is -0.457 e. The second kappa shape index (κ2) is 6.05. The van der Waals surface area contributed by atoms with Crippen LogP contribution in [-0.4, -0.2) is 4.92 Å². The lowest BCUT2D eigenvalue weighted by atomic mass is 10.1. The van der Waals surface area contributed by atoms with E-state index in [0.717, 1.165) is 16.9 Å². The molecule has 0 fully saturated rings. The monoisotopic (exact) mass is 335 g/mol. The van der Waals surface area contributed by atoms with E-state index in [1.807, 2.05) is 32.0 Å². The molecule has 0 bridgehead atoms. The molecule has 0 radical (unpaired) electrons. The molecule has 0 amide bonds. The molecule has 0 saturated heterocycles. The van der Waals surface area contributed by atoms with Crippen LogP contribution in [0.25, 0.3) is 0 Å². The maximum absolute atomic E-state index is 10.8. The first kappa shape index (κ1) is 14.5. The fourth-order valence-electron chi connectivity index (χ4n) is 1.92. The largest absolute Gasteiger partial charge is 0.457 e. The Bertz CT molecular complexity index is 656. The minimum atomic E-state index is -0.410. The number of ether oxygens (including phenoxy) is 1. The van der Waals surface area contributed by atoms with E-state index in [-0.39, 0.29) is 5.69 Å². The molecule has 2 aromatic rings. The van der Waals surface area contributed by atoms with Gasteiger partial charge >= 0.3 is 0 Å². The van der Waals surface area contributed by atoms with Gasteiger partial charge in [0.1, 0.15) is 11.5 Å². The highest BCUT2D eigenvalue weighted by Crippen LogP contribution is 2.32. The maximum Gasteiger partial charge on any atom is 0.270 e. The Morgan fingerprint density at radius 1 is 1.15 bits per heavy atom. The smallest absolute Gasteiger partial charge is 0.270 e.